The molecule has 2 aromatic carbocycles. The van der Waals surface area contributed by atoms with Crippen LogP contribution >= 0.6 is 12.4 Å². The zero-order valence-corrected chi connectivity index (χ0v) is 15.9. The van der Waals surface area contributed by atoms with E-state index in [-0.39, 0.29) is 30.5 Å². The Morgan fingerprint density at radius 2 is 2.04 bits per heavy atom. The van der Waals surface area contributed by atoms with Crippen molar-refractivity contribution in [1.82, 2.24) is 20.2 Å². The number of nitrogens with one attached hydrogen (secondary N) is 2. The topological polar surface area (TPSA) is 68.2 Å². The summed E-state index contributed by atoms with van der Waals surface area (Å²) in [6.07, 6.45) is 1.72. The summed E-state index contributed by atoms with van der Waals surface area (Å²) < 4.78 is 7.58. The summed E-state index contributed by atoms with van der Waals surface area (Å²) in [5.74, 6) is -0.0260. The van der Waals surface area contributed by atoms with Crippen molar-refractivity contribution in [3.63, 3.8) is 0 Å². The number of rotatable bonds is 4. The minimum atomic E-state index is -0.291. The lowest BCUT2D eigenvalue weighted by Gasteiger charge is -2.29. The van der Waals surface area contributed by atoms with E-state index in [4.69, 9.17) is 4.74 Å². The third-order valence-corrected chi connectivity index (χ3v) is 4.73. The molecule has 6 nitrogen and oxygen atoms in total. The monoisotopic (exact) mass is 386 g/mol. The van der Waals surface area contributed by atoms with E-state index in [0.717, 1.165) is 22.3 Å². The summed E-state index contributed by atoms with van der Waals surface area (Å²) in [6.45, 7) is 3.76. The second-order valence-corrected chi connectivity index (χ2v) is 6.50. The fraction of sp³-hybridized carbons (Fsp3) is 0.300. The van der Waals surface area contributed by atoms with E-state index >= 15 is 0 Å². The molecule has 2 N–H and O–H groups in total. The van der Waals surface area contributed by atoms with E-state index in [9.17, 15) is 4.79 Å². The summed E-state index contributed by atoms with van der Waals surface area (Å²) in [5, 5.41) is 6.18. The SMILES string of the molecule is C[C@H]1OCCN[C@@H]1C(=O)NCc1ccc(-n2cnc3ccccc32)cc1.Cl. The van der Waals surface area contributed by atoms with Crippen LogP contribution in [-0.4, -0.2) is 40.8 Å². The molecule has 1 aliphatic rings. The molecule has 3 aromatic rings. The van der Waals surface area contributed by atoms with Crippen LogP contribution in [-0.2, 0) is 16.1 Å². The van der Waals surface area contributed by atoms with Crippen molar-refractivity contribution in [2.45, 2.75) is 25.6 Å². The van der Waals surface area contributed by atoms with E-state index in [2.05, 4.69) is 26.3 Å². The average Bonchev–Trinajstić information content (AvgIpc) is 3.11. The lowest BCUT2D eigenvalue weighted by atomic mass is 10.1. The van der Waals surface area contributed by atoms with Crippen molar-refractivity contribution < 1.29 is 9.53 Å². The Kier molecular flexibility index (Phi) is 6.11. The Labute approximate surface area is 164 Å². The summed E-state index contributed by atoms with van der Waals surface area (Å²) in [7, 11) is 0. The molecule has 1 fully saturated rings. The first-order valence-corrected chi connectivity index (χ1v) is 8.86. The summed E-state index contributed by atoms with van der Waals surface area (Å²) in [4.78, 5) is 16.7. The lowest BCUT2D eigenvalue weighted by Crippen LogP contribution is -2.55. The standard InChI is InChI=1S/C20H22N4O2.ClH/c1-14-19(21-10-11-26-14)20(25)22-12-15-6-8-16(9-7-15)24-13-23-17-4-2-3-5-18(17)24;/h2-9,13-14,19,21H,10-12H2,1H3,(H,22,25);1H/t14-,19+;/m1./s1. The van der Waals surface area contributed by atoms with Gasteiger partial charge in [-0.05, 0) is 36.8 Å². The fourth-order valence-electron chi connectivity index (χ4n) is 3.27. The number of imidazole rings is 1. The van der Waals surface area contributed by atoms with Crippen molar-refractivity contribution >= 4 is 29.3 Å². The van der Waals surface area contributed by atoms with Crippen LogP contribution in [0, 0.1) is 0 Å². The number of aromatic nitrogens is 2. The van der Waals surface area contributed by atoms with Gasteiger partial charge in [0.05, 0.1) is 23.7 Å². The molecule has 0 aliphatic carbocycles. The minimum absolute atomic E-state index is 0. The van der Waals surface area contributed by atoms with Crippen LogP contribution in [0.25, 0.3) is 16.7 Å². The predicted octanol–water partition coefficient (Wildman–Crippen LogP) is 2.44. The summed E-state index contributed by atoms with van der Waals surface area (Å²) in [5.41, 5.74) is 4.15. The van der Waals surface area contributed by atoms with Gasteiger partial charge in [-0.3, -0.25) is 9.36 Å². The molecule has 0 spiro atoms. The maximum atomic E-state index is 12.3. The van der Waals surface area contributed by atoms with Gasteiger partial charge in [-0.1, -0.05) is 24.3 Å². The molecular weight excluding hydrogens is 364 g/mol. The molecule has 0 radical (unpaired) electrons. The molecule has 1 aliphatic heterocycles. The van der Waals surface area contributed by atoms with E-state index in [1.807, 2.05) is 55.7 Å². The predicted molar refractivity (Wildman–Crippen MR) is 107 cm³/mol. The molecule has 142 valence electrons. The van der Waals surface area contributed by atoms with E-state index in [1.165, 1.54) is 0 Å². The van der Waals surface area contributed by atoms with Gasteiger partial charge in [0.1, 0.15) is 12.4 Å². The number of carbonyl (C=O) groups excluding carboxylic acids is 1. The van der Waals surface area contributed by atoms with Crippen LogP contribution in [0.3, 0.4) is 0 Å². The molecule has 0 unspecified atom stereocenters. The molecule has 27 heavy (non-hydrogen) atoms. The first-order chi connectivity index (χ1) is 12.7. The smallest absolute Gasteiger partial charge is 0.240 e. The second-order valence-electron chi connectivity index (χ2n) is 6.50. The van der Waals surface area contributed by atoms with Crippen molar-refractivity contribution in [2.75, 3.05) is 13.2 Å². The van der Waals surface area contributed by atoms with Crippen molar-refractivity contribution in [2.24, 2.45) is 0 Å². The number of nitrogens with zero attached hydrogens (tertiary/aromatic N) is 2. The number of fused-ring (bicyclic) bond motifs is 1. The Morgan fingerprint density at radius 1 is 1.26 bits per heavy atom. The van der Waals surface area contributed by atoms with Crippen molar-refractivity contribution in [3.05, 3.63) is 60.4 Å². The number of morpholine rings is 1. The highest BCUT2D eigenvalue weighted by Crippen LogP contribution is 2.18. The quantitative estimate of drug-likeness (QED) is 0.722. The van der Waals surface area contributed by atoms with Gasteiger partial charge in [-0.15, -0.1) is 12.4 Å². The largest absolute Gasteiger partial charge is 0.375 e. The van der Waals surface area contributed by atoms with Gasteiger partial charge in [0, 0.05) is 18.8 Å². The van der Waals surface area contributed by atoms with Gasteiger partial charge < -0.3 is 15.4 Å². The van der Waals surface area contributed by atoms with Crippen LogP contribution < -0.4 is 10.6 Å². The third-order valence-electron chi connectivity index (χ3n) is 4.73. The number of hydrogen-bond acceptors (Lipinski definition) is 4. The Balaban J connectivity index is 0.00000210. The van der Waals surface area contributed by atoms with E-state index in [1.54, 1.807) is 0 Å². The Bertz CT molecular complexity index is 910. The number of amides is 1. The number of ether oxygens (including phenoxy) is 1. The summed E-state index contributed by atoms with van der Waals surface area (Å²) >= 11 is 0. The van der Waals surface area contributed by atoms with Crippen LogP contribution in [0.15, 0.2) is 54.9 Å². The van der Waals surface area contributed by atoms with Gasteiger partial charge in [0.25, 0.3) is 0 Å². The van der Waals surface area contributed by atoms with Gasteiger partial charge in [-0.25, -0.2) is 4.98 Å². The Hall–Kier alpha value is -2.41. The number of para-hydroxylation sites is 2. The summed E-state index contributed by atoms with van der Waals surface area (Å²) in [6, 6.07) is 15.9. The minimum Gasteiger partial charge on any atom is -0.375 e. The highest BCUT2D eigenvalue weighted by molar-refractivity contribution is 5.85. The maximum absolute atomic E-state index is 12.3. The van der Waals surface area contributed by atoms with Crippen molar-refractivity contribution in [1.29, 1.82) is 0 Å². The number of halogens is 1. The van der Waals surface area contributed by atoms with Crippen LogP contribution in [0.5, 0.6) is 0 Å². The fourth-order valence-corrected chi connectivity index (χ4v) is 3.27. The number of hydrogen-bond donors (Lipinski definition) is 2. The average molecular weight is 387 g/mol. The Morgan fingerprint density at radius 3 is 2.81 bits per heavy atom. The molecule has 2 atom stereocenters. The molecule has 0 bridgehead atoms. The number of carbonyl (C=O) groups is 1. The number of benzene rings is 2. The van der Waals surface area contributed by atoms with Crippen LogP contribution in [0.4, 0.5) is 0 Å². The van der Waals surface area contributed by atoms with Gasteiger partial charge in [0.2, 0.25) is 5.91 Å². The zero-order chi connectivity index (χ0) is 17.9. The molecule has 4 rings (SSSR count). The molecule has 7 heteroatoms. The normalized spacial score (nSPS) is 19.4. The molecule has 1 aromatic heterocycles. The maximum Gasteiger partial charge on any atom is 0.240 e. The molecule has 2 heterocycles. The van der Waals surface area contributed by atoms with Gasteiger partial charge >= 0.3 is 0 Å². The zero-order valence-electron chi connectivity index (χ0n) is 15.1. The second kappa shape index (κ2) is 8.52. The first-order valence-electron chi connectivity index (χ1n) is 8.86. The molecule has 1 amide bonds. The van der Waals surface area contributed by atoms with Crippen molar-refractivity contribution in [3.8, 4) is 5.69 Å². The highest BCUT2D eigenvalue weighted by atomic mass is 35.5. The van der Waals surface area contributed by atoms with Gasteiger partial charge in [-0.2, -0.15) is 0 Å². The van der Waals surface area contributed by atoms with E-state index in [0.29, 0.717) is 19.7 Å². The molecular formula is C20H23ClN4O2. The van der Waals surface area contributed by atoms with Crippen LogP contribution in [0.2, 0.25) is 0 Å². The van der Waals surface area contributed by atoms with Gasteiger partial charge in [0.15, 0.2) is 0 Å². The van der Waals surface area contributed by atoms with Crippen LogP contribution in [0.1, 0.15) is 12.5 Å². The molecule has 1 saturated heterocycles. The third kappa shape index (κ3) is 4.13. The lowest BCUT2D eigenvalue weighted by molar-refractivity contribution is -0.129. The highest BCUT2D eigenvalue weighted by Gasteiger charge is 2.27. The van der Waals surface area contributed by atoms with E-state index < -0.39 is 0 Å². The molecule has 0 saturated carbocycles. The first kappa shape index (κ1) is 19.4.